The van der Waals surface area contributed by atoms with E-state index in [1.54, 1.807) is 24.3 Å². The first-order valence-corrected chi connectivity index (χ1v) is 5.87. The Labute approximate surface area is 106 Å². The van der Waals surface area contributed by atoms with Crippen LogP contribution in [0, 0.1) is 0 Å². The van der Waals surface area contributed by atoms with E-state index in [-0.39, 0.29) is 12.5 Å². The van der Waals surface area contributed by atoms with Crippen LogP contribution < -0.4 is 5.73 Å². The molecule has 0 spiro atoms. The molecule has 0 aromatic heterocycles. The zero-order chi connectivity index (χ0) is 13.5. The molecule has 0 saturated heterocycles. The van der Waals surface area contributed by atoms with Crippen molar-refractivity contribution in [2.24, 2.45) is 5.73 Å². The minimum Gasteiger partial charge on any atom is -0.480 e. The molecule has 0 aliphatic carbocycles. The van der Waals surface area contributed by atoms with Gasteiger partial charge in [-0.2, -0.15) is 0 Å². The van der Waals surface area contributed by atoms with Crippen molar-refractivity contribution in [3.8, 4) is 0 Å². The molecule has 0 radical (unpaired) electrons. The van der Waals surface area contributed by atoms with Gasteiger partial charge in [0.1, 0.15) is 12.6 Å². The number of amides is 1. The number of hydrogen-bond donors (Lipinski definition) is 2. The molecule has 5 heteroatoms. The highest BCUT2D eigenvalue weighted by Crippen LogP contribution is 2.13. The summed E-state index contributed by atoms with van der Waals surface area (Å²) in [6, 6.07) is 8.13. The van der Waals surface area contributed by atoms with Gasteiger partial charge < -0.3 is 15.7 Å². The van der Waals surface area contributed by atoms with Gasteiger partial charge in [-0.25, -0.2) is 0 Å². The van der Waals surface area contributed by atoms with Crippen molar-refractivity contribution in [1.82, 2.24) is 4.90 Å². The van der Waals surface area contributed by atoms with Crippen LogP contribution in [0.15, 0.2) is 30.3 Å². The lowest BCUT2D eigenvalue weighted by molar-refractivity contribution is -0.145. The highest BCUT2D eigenvalue weighted by molar-refractivity contribution is 5.86. The summed E-state index contributed by atoms with van der Waals surface area (Å²) in [7, 11) is 0. The maximum atomic E-state index is 12.1. The van der Waals surface area contributed by atoms with E-state index >= 15 is 0 Å². The van der Waals surface area contributed by atoms with Crippen LogP contribution in [-0.4, -0.2) is 35.0 Å². The maximum Gasteiger partial charge on any atom is 0.323 e. The standard InChI is InChI=1S/C13H18N2O3/c1-2-8-15(9-11(16)17)13(18)12(14)10-6-4-3-5-7-10/h3-7,12H,2,8-9,14H2,1H3,(H,16,17)/t12-/m1/s1. The number of carbonyl (C=O) groups is 2. The predicted octanol–water partition coefficient (Wildman–Crippen LogP) is 1.01. The summed E-state index contributed by atoms with van der Waals surface area (Å²) in [5.74, 6) is -1.39. The third kappa shape index (κ3) is 3.85. The third-order valence-electron chi connectivity index (χ3n) is 2.56. The van der Waals surface area contributed by atoms with E-state index in [0.29, 0.717) is 18.5 Å². The molecule has 98 valence electrons. The summed E-state index contributed by atoms with van der Waals surface area (Å²) < 4.78 is 0. The Morgan fingerprint density at radius 1 is 1.33 bits per heavy atom. The number of carboxylic acid groups (broad SMARTS) is 1. The Morgan fingerprint density at radius 3 is 2.44 bits per heavy atom. The fourth-order valence-electron chi connectivity index (χ4n) is 1.70. The second-order valence-electron chi connectivity index (χ2n) is 4.04. The van der Waals surface area contributed by atoms with Crippen molar-refractivity contribution >= 4 is 11.9 Å². The predicted molar refractivity (Wildman–Crippen MR) is 67.9 cm³/mol. The number of hydrogen-bond acceptors (Lipinski definition) is 3. The number of carboxylic acids is 1. The summed E-state index contributed by atoms with van der Waals surface area (Å²) in [6.45, 7) is 1.97. The van der Waals surface area contributed by atoms with Gasteiger partial charge in [0.2, 0.25) is 5.91 Å². The molecule has 0 heterocycles. The summed E-state index contributed by atoms with van der Waals surface area (Å²) >= 11 is 0. The SMILES string of the molecule is CCCN(CC(=O)O)C(=O)[C@H](N)c1ccccc1. The van der Waals surface area contributed by atoms with Gasteiger partial charge in [-0.15, -0.1) is 0 Å². The molecule has 0 aliphatic rings. The van der Waals surface area contributed by atoms with E-state index < -0.39 is 12.0 Å². The molecule has 3 N–H and O–H groups in total. The number of aliphatic carboxylic acids is 1. The number of benzene rings is 1. The Balaban J connectivity index is 2.79. The van der Waals surface area contributed by atoms with Gasteiger partial charge in [-0.3, -0.25) is 9.59 Å². The van der Waals surface area contributed by atoms with Gasteiger partial charge in [0, 0.05) is 6.54 Å². The van der Waals surface area contributed by atoms with Crippen molar-refractivity contribution in [3.05, 3.63) is 35.9 Å². The second-order valence-corrected chi connectivity index (χ2v) is 4.04. The summed E-state index contributed by atoms with van der Waals surface area (Å²) in [5, 5.41) is 8.78. The summed E-state index contributed by atoms with van der Waals surface area (Å²) in [6.07, 6.45) is 0.695. The highest BCUT2D eigenvalue weighted by atomic mass is 16.4. The molecule has 0 aliphatic heterocycles. The van der Waals surface area contributed by atoms with E-state index in [2.05, 4.69) is 0 Å². The topological polar surface area (TPSA) is 83.6 Å². The first kappa shape index (κ1) is 14.2. The van der Waals surface area contributed by atoms with E-state index in [1.165, 1.54) is 4.90 Å². The van der Waals surface area contributed by atoms with Crippen LogP contribution in [0.5, 0.6) is 0 Å². The van der Waals surface area contributed by atoms with Gasteiger partial charge in [-0.1, -0.05) is 37.3 Å². The lowest BCUT2D eigenvalue weighted by atomic mass is 10.1. The zero-order valence-corrected chi connectivity index (χ0v) is 10.4. The molecule has 1 amide bonds. The van der Waals surface area contributed by atoms with Crippen LogP contribution in [-0.2, 0) is 9.59 Å². The molecule has 1 aromatic carbocycles. The molecule has 0 bridgehead atoms. The Kier molecular flexibility index (Phi) is 5.32. The smallest absolute Gasteiger partial charge is 0.323 e. The van der Waals surface area contributed by atoms with Crippen LogP contribution in [0.4, 0.5) is 0 Å². The average molecular weight is 250 g/mol. The summed E-state index contributed by atoms with van der Waals surface area (Å²) in [4.78, 5) is 24.1. The molecular formula is C13H18N2O3. The lowest BCUT2D eigenvalue weighted by Crippen LogP contribution is -2.41. The van der Waals surface area contributed by atoms with Gasteiger partial charge in [-0.05, 0) is 12.0 Å². The largest absolute Gasteiger partial charge is 0.480 e. The Bertz CT molecular complexity index is 406. The lowest BCUT2D eigenvalue weighted by Gasteiger charge is -2.23. The molecule has 1 rings (SSSR count). The number of rotatable bonds is 6. The normalized spacial score (nSPS) is 11.9. The Morgan fingerprint density at radius 2 is 1.94 bits per heavy atom. The van der Waals surface area contributed by atoms with Crippen LogP contribution >= 0.6 is 0 Å². The Hall–Kier alpha value is -1.88. The highest BCUT2D eigenvalue weighted by Gasteiger charge is 2.23. The molecule has 0 fully saturated rings. The maximum absolute atomic E-state index is 12.1. The molecule has 1 atom stereocenters. The summed E-state index contributed by atoms with van der Waals surface area (Å²) in [5.41, 5.74) is 6.55. The fourth-order valence-corrected chi connectivity index (χ4v) is 1.70. The average Bonchev–Trinajstić information content (AvgIpc) is 2.37. The van der Waals surface area contributed by atoms with E-state index in [0.717, 1.165) is 0 Å². The molecule has 0 unspecified atom stereocenters. The number of carbonyl (C=O) groups excluding carboxylic acids is 1. The third-order valence-corrected chi connectivity index (χ3v) is 2.56. The molecule has 0 saturated carbocycles. The number of nitrogens with two attached hydrogens (primary N) is 1. The van der Waals surface area contributed by atoms with Crippen LogP contribution in [0.3, 0.4) is 0 Å². The van der Waals surface area contributed by atoms with Crippen molar-refractivity contribution < 1.29 is 14.7 Å². The minimum atomic E-state index is -1.03. The van der Waals surface area contributed by atoms with Gasteiger partial charge in [0.05, 0.1) is 0 Å². The molecule has 1 aromatic rings. The van der Waals surface area contributed by atoms with Crippen LogP contribution in [0.25, 0.3) is 0 Å². The van der Waals surface area contributed by atoms with Gasteiger partial charge in [0.25, 0.3) is 0 Å². The zero-order valence-electron chi connectivity index (χ0n) is 10.4. The van der Waals surface area contributed by atoms with E-state index in [1.807, 2.05) is 13.0 Å². The molecule has 5 nitrogen and oxygen atoms in total. The van der Waals surface area contributed by atoms with Crippen molar-refractivity contribution in [1.29, 1.82) is 0 Å². The number of nitrogens with zero attached hydrogens (tertiary/aromatic N) is 1. The van der Waals surface area contributed by atoms with Gasteiger partial charge in [0.15, 0.2) is 0 Å². The second kappa shape index (κ2) is 6.76. The molecule has 18 heavy (non-hydrogen) atoms. The van der Waals surface area contributed by atoms with Crippen LogP contribution in [0.1, 0.15) is 24.9 Å². The quantitative estimate of drug-likeness (QED) is 0.789. The first-order chi connectivity index (χ1) is 8.56. The van der Waals surface area contributed by atoms with Crippen molar-refractivity contribution in [2.45, 2.75) is 19.4 Å². The van der Waals surface area contributed by atoms with E-state index in [4.69, 9.17) is 10.8 Å². The monoisotopic (exact) mass is 250 g/mol. The van der Waals surface area contributed by atoms with Crippen molar-refractivity contribution in [2.75, 3.05) is 13.1 Å². The van der Waals surface area contributed by atoms with E-state index in [9.17, 15) is 9.59 Å². The van der Waals surface area contributed by atoms with Gasteiger partial charge >= 0.3 is 5.97 Å². The molecular weight excluding hydrogens is 232 g/mol. The fraction of sp³-hybridized carbons (Fsp3) is 0.385. The minimum absolute atomic E-state index is 0.312. The first-order valence-electron chi connectivity index (χ1n) is 5.87. The van der Waals surface area contributed by atoms with Crippen molar-refractivity contribution in [3.63, 3.8) is 0 Å². The van der Waals surface area contributed by atoms with Crippen LogP contribution in [0.2, 0.25) is 0 Å².